The summed E-state index contributed by atoms with van der Waals surface area (Å²) < 4.78 is 6.01. The van der Waals surface area contributed by atoms with Gasteiger partial charge in [-0.25, -0.2) is 0 Å². The molecule has 5 rings (SSSR count). The summed E-state index contributed by atoms with van der Waals surface area (Å²) in [5, 5.41) is 10.8. The summed E-state index contributed by atoms with van der Waals surface area (Å²) in [7, 11) is 0. The average molecular weight is 560 g/mol. The number of nitrogens with zero attached hydrogens (tertiary/aromatic N) is 3. The van der Waals surface area contributed by atoms with Crippen molar-refractivity contribution in [2.75, 3.05) is 25.4 Å². The predicted molar refractivity (Wildman–Crippen MR) is 152 cm³/mol. The van der Waals surface area contributed by atoms with E-state index >= 15 is 0 Å². The number of carbonyl (C=O) groups excluding carboxylic acids is 3. The summed E-state index contributed by atoms with van der Waals surface area (Å²) in [6.07, 6.45) is 3.21. The lowest BCUT2D eigenvalue weighted by atomic mass is 10.0. The second-order valence-electron chi connectivity index (χ2n) is 9.85. The fraction of sp³-hybridized carbons (Fsp3) is 0.300. The third-order valence-corrected chi connectivity index (χ3v) is 8.03. The molecule has 2 saturated heterocycles. The lowest BCUT2D eigenvalue weighted by molar-refractivity contribution is -0.384. The maximum atomic E-state index is 12.6. The molecule has 10 heteroatoms. The molecule has 40 heavy (non-hydrogen) atoms. The predicted octanol–water partition coefficient (Wildman–Crippen LogP) is 5.57. The first kappa shape index (κ1) is 27.4. The van der Waals surface area contributed by atoms with Crippen molar-refractivity contribution in [2.24, 2.45) is 0 Å². The van der Waals surface area contributed by atoms with Crippen LogP contribution >= 0.6 is 11.8 Å². The number of benzene rings is 3. The number of ether oxygens (including phenoxy) is 1. The van der Waals surface area contributed by atoms with E-state index in [1.165, 1.54) is 17.0 Å². The smallest absolute Gasteiger partial charge is 0.289 e. The van der Waals surface area contributed by atoms with Crippen molar-refractivity contribution in [3.63, 3.8) is 0 Å². The molecular formula is C30H29N3O6S. The molecule has 3 aromatic rings. The lowest BCUT2D eigenvalue weighted by Crippen LogP contribution is -2.43. The zero-order chi connectivity index (χ0) is 28.1. The third-order valence-electron chi connectivity index (χ3n) is 7.20. The molecule has 0 spiro atoms. The second kappa shape index (κ2) is 12.3. The lowest BCUT2D eigenvalue weighted by Gasteiger charge is -2.26. The normalized spacial score (nSPS) is 15.9. The minimum absolute atomic E-state index is 0.0197. The number of carbonyl (C=O) groups is 3. The Kier molecular flexibility index (Phi) is 8.45. The number of hydrogen-bond donors (Lipinski definition) is 0. The molecule has 2 heterocycles. The quantitative estimate of drug-likeness (QED) is 0.236. The van der Waals surface area contributed by atoms with Crippen LogP contribution in [0.2, 0.25) is 0 Å². The molecule has 0 radical (unpaired) electrons. The zero-order valence-electron chi connectivity index (χ0n) is 21.9. The first-order chi connectivity index (χ1) is 19.4. The van der Waals surface area contributed by atoms with Crippen molar-refractivity contribution in [1.82, 2.24) is 9.80 Å². The SMILES string of the molecule is O=C(c1ccc(CCC(COc2ccc(-c3cccc([N+](=O)[O-])c3)cc2)N2C(=O)CSC2=O)cc1)N1CCCC1. The fourth-order valence-electron chi connectivity index (χ4n) is 4.99. The Morgan fingerprint density at radius 1 is 0.975 bits per heavy atom. The van der Waals surface area contributed by atoms with E-state index in [2.05, 4.69) is 0 Å². The molecule has 0 aliphatic carbocycles. The number of nitro benzene ring substituents is 1. The highest BCUT2D eigenvalue weighted by atomic mass is 32.2. The highest BCUT2D eigenvalue weighted by molar-refractivity contribution is 8.14. The van der Waals surface area contributed by atoms with Gasteiger partial charge >= 0.3 is 0 Å². The van der Waals surface area contributed by atoms with E-state index in [9.17, 15) is 24.5 Å². The molecule has 206 valence electrons. The highest BCUT2D eigenvalue weighted by Gasteiger charge is 2.36. The molecule has 3 amide bonds. The Bertz CT molecular complexity index is 1390. The van der Waals surface area contributed by atoms with Crippen LogP contribution in [0.3, 0.4) is 0 Å². The number of nitro groups is 1. The molecule has 1 atom stereocenters. The third kappa shape index (κ3) is 6.34. The maximum Gasteiger partial charge on any atom is 0.289 e. The summed E-state index contributed by atoms with van der Waals surface area (Å²) in [6.45, 7) is 1.74. The molecule has 2 aliphatic heterocycles. The number of non-ortho nitro benzene ring substituents is 1. The molecule has 0 bridgehead atoms. The first-order valence-electron chi connectivity index (χ1n) is 13.2. The first-order valence-corrected chi connectivity index (χ1v) is 14.2. The van der Waals surface area contributed by atoms with E-state index in [1.54, 1.807) is 24.3 Å². The summed E-state index contributed by atoms with van der Waals surface area (Å²) in [5.74, 6) is 0.518. The summed E-state index contributed by atoms with van der Waals surface area (Å²) >= 11 is 0.997. The topological polar surface area (TPSA) is 110 Å². The summed E-state index contributed by atoms with van der Waals surface area (Å²) in [6, 6.07) is 20.7. The van der Waals surface area contributed by atoms with Crippen molar-refractivity contribution in [3.8, 4) is 16.9 Å². The largest absolute Gasteiger partial charge is 0.491 e. The van der Waals surface area contributed by atoms with Crippen LogP contribution in [0, 0.1) is 10.1 Å². The molecule has 0 aromatic heterocycles. The van der Waals surface area contributed by atoms with Crippen molar-refractivity contribution in [3.05, 3.63) is 94.0 Å². The van der Waals surface area contributed by atoms with Crippen molar-refractivity contribution < 1.29 is 24.0 Å². The molecule has 0 N–H and O–H groups in total. The number of amides is 3. The van der Waals surface area contributed by atoms with E-state index < -0.39 is 11.0 Å². The van der Waals surface area contributed by atoms with Gasteiger partial charge in [0.25, 0.3) is 16.8 Å². The average Bonchev–Trinajstić information content (AvgIpc) is 3.64. The Morgan fingerprint density at radius 2 is 1.70 bits per heavy atom. The van der Waals surface area contributed by atoms with Gasteiger partial charge in [-0.3, -0.25) is 29.4 Å². The number of thioether (sulfide) groups is 1. The Balaban J connectivity index is 1.23. The molecule has 2 fully saturated rings. The van der Waals surface area contributed by atoms with E-state index in [-0.39, 0.29) is 35.1 Å². The summed E-state index contributed by atoms with van der Waals surface area (Å²) in [4.78, 5) is 51.5. The van der Waals surface area contributed by atoms with Crippen molar-refractivity contribution in [1.29, 1.82) is 0 Å². The van der Waals surface area contributed by atoms with Gasteiger partial charge in [0.15, 0.2) is 0 Å². The highest BCUT2D eigenvalue weighted by Crippen LogP contribution is 2.28. The zero-order valence-corrected chi connectivity index (χ0v) is 22.7. The Labute approximate surface area is 236 Å². The van der Waals surface area contributed by atoms with Crippen molar-refractivity contribution >= 4 is 34.5 Å². The van der Waals surface area contributed by atoms with Gasteiger partial charge in [0.05, 0.1) is 16.7 Å². The van der Waals surface area contributed by atoms with Gasteiger partial charge in [-0.15, -0.1) is 0 Å². The van der Waals surface area contributed by atoms with E-state index in [0.717, 1.165) is 54.4 Å². The van der Waals surface area contributed by atoms with Crippen LogP contribution in [0.15, 0.2) is 72.8 Å². The number of imide groups is 1. The van der Waals surface area contributed by atoms with Gasteiger partial charge in [0.1, 0.15) is 12.4 Å². The molecule has 3 aromatic carbocycles. The molecule has 2 aliphatic rings. The van der Waals surface area contributed by atoms with Gasteiger partial charge in [-0.2, -0.15) is 0 Å². The van der Waals surface area contributed by atoms with Crippen LogP contribution in [-0.2, 0) is 11.2 Å². The van der Waals surface area contributed by atoms with Gasteiger partial charge in [-0.1, -0.05) is 48.2 Å². The molecular weight excluding hydrogens is 530 g/mol. The number of likely N-dealkylation sites (tertiary alicyclic amines) is 1. The van der Waals surface area contributed by atoms with Crippen LogP contribution in [-0.4, -0.2) is 63.3 Å². The molecule has 9 nitrogen and oxygen atoms in total. The number of rotatable bonds is 10. The summed E-state index contributed by atoms with van der Waals surface area (Å²) in [5.41, 5.74) is 3.22. The van der Waals surface area contributed by atoms with Crippen LogP contribution in [0.1, 0.15) is 35.2 Å². The second-order valence-corrected chi connectivity index (χ2v) is 10.8. The van der Waals surface area contributed by atoms with Gasteiger partial charge in [0, 0.05) is 30.8 Å². The molecule has 1 unspecified atom stereocenters. The van der Waals surface area contributed by atoms with Crippen LogP contribution in [0.5, 0.6) is 5.75 Å². The van der Waals surface area contributed by atoms with Gasteiger partial charge in [-0.05, 0) is 66.6 Å². The van der Waals surface area contributed by atoms with E-state index in [0.29, 0.717) is 24.2 Å². The minimum Gasteiger partial charge on any atom is -0.491 e. The monoisotopic (exact) mass is 559 g/mol. The van der Waals surface area contributed by atoms with E-state index in [1.807, 2.05) is 41.3 Å². The minimum atomic E-state index is -0.447. The molecule has 0 saturated carbocycles. The van der Waals surface area contributed by atoms with Crippen LogP contribution in [0.25, 0.3) is 11.1 Å². The van der Waals surface area contributed by atoms with Crippen molar-refractivity contribution in [2.45, 2.75) is 31.7 Å². The van der Waals surface area contributed by atoms with E-state index in [4.69, 9.17) is 4.74 Å². The Morgan fingerprint density at radius 3 is 2.35 bits per heavy atom. The van der Waals surface area contributed by atoms with Gasteiger partial charge < -0.3 is 9.64 Å². The van der Waals surface area contributed by atoms with Crippen LogP contribution in [0.4, 0.5) is 10.5 Å². The van der Waals surface area contributed by atoms with Gasteiger partial charge in [0.2, 0.25) is 5.91 Å². The van der Waals surface area contributed by atoms with Crippen LogP contribution < -0.4 is 4.74 Å². The fourth-order valence-corrected chi connectivity index (χ4v) is 5.77. The standard InChI is InChI=1S/C30H29N3O6S/c34-28-20-40-30(36)32(28)26(13-8-21-6-9-23(10-7-21)29(35)31-16-1-2-17-31)19-39-27-14-11-22(12-15-27)24-4-3-5-25(18-24)33(37)38/h3-7,9-12,14-15,18,26H,1-2,8,13,16-17,19-20H2. The number of hydrogen-bond acceptors (Lipinski definition) is 7. The Hall–Kier alpha value is -4.18. The maximum absolute atomic E-state index is 12.6. The number of aryl methyl sites for hydroxylation is 1.